The van der Waals surface area contributed by atoms with Gasteiger partial charge in [-0.2, -0.15) is 13.2 Å². The van der Waals surface area contributed by atoms with E-state index in [9.17, 15) is 22.8 Å². The van der Waals surface area contributed by atoms with Gasteiger partial charge in [-0.05, 0) is 20.3 Å². The molecule has 17 heavy (non-hydrogen) atoms. The van der Waals surface area contributed by atoms with Gasteiger partial charge in [-0.1, -0.05) is 0 Å². The summed E-state index contributed by atoms with van der Waals surface area (Å²) in [5.41, 5.74) is -0.943. The van der Waals surface area contributed by atoms with Crippen LogP contribution in [0.2, 0.25) is 0 Å². The Balaban J connectivity index is 4.05. The first kappa shape index (κ1) is 15.5. The number of rotatable bonds is 5. The molecule has 0 radical (unpaired) electrons. The molecule has 0 rings (SSSR count). The van der Waals surface area contributed by atoms with Gasteiger partial charge < -0.3 is 15.2 Å². The van der Waals surface area contributed by atoms with Crippen molar-refractivity contribution in [1.82, 2.24) is 5.32 Å². The summed E-state index contributed by atoms with van der Waals surface area (Å²) in [5, 5.41) is 10.6. The first-order chi connectivity index (χ1) is 7.52. The second kappa shape index (κ2) is 5.74. The van der Waals surface area contributed by atoms with Gasteiger partial charge in [-0.15, -0.1) is 0 Å². The standard InChI is InChI=1S/C9H14F3NO4/c1-8(2,4-3-6(14)15)13-7(16)17-5-9(10,11)12/h3-5H2,1-2H3,(H,13,16)(H,14,15). The van der Waals surface area contributed by atoms with Crippen molar-refractivity contribution in [2.45, 2.75) is 38.4 Å². The maximum atomic E-state index is 11.7. The number of carbonyl (C=O) groups excluding carboxylic acids is 1. The van der Waals surface area contributed by atoms with Gasteiger partial charge in [0.1, 0.15) is 0 Å². The smallest absolute Gasteiger partial charge is 0.422 e. The first-order valence-electron chi connectivity index (χ1n) is 4.75. The van der Waals surface area contributed by atoms with Gasteiger partial charge >= 0.3 is 18.2 Å². The van der Waals surface area contributed by atoms with Gasteiger partial charge in [0.15, 0.2) is 6.61 Å². The molecule has 8 heteroatoms. The molecule has 0 aromatic heterocycles. The number of halogens is 3. The molecule has 0 atom stereocenters. The number of alkyl halides is 3. The zero-order valence-electron chi connectivity index (χ0n) is 9.43. The minimum atomic E-state index is -4.58. The van der Waals surface area contributed by atoms with Crippen molar-refractivity contribution in [3.05, 3.63) is 0 Å². The van der Waals surface area contributed by atoms with E-state index in [2.05, 4.69) is 10.1 Å². The number of nitrogens with one attached hydrogen (secondary N) is 1. The van der Waals surface area contributed by atoms with E-state index >= 15 is 0 Å². The quantitative estimate of drug-likeness (QED) is 0.788. The van der Waals surface area contributed by atoms with E-state index in [0.717, 1.165) is 0 Å². The van der Waals surface area contributed by atoms with E-state index in [-0.39, 0.29) is 12.8 Å². The Morgan fingerprint density at radius 2 is 1.82 bits per heavy atom. The second-order valence-electron chi connectivity index (χ2n) is 4.09. The predicted octanol–water partition coefficient (Wildman–Crippen LogP) is 1.92. The highest BCUT2D eigenvalue weighted by atomic mass is 19.4. The third-order valence-corrected chi connectivity index (χ3v) is 1.77. The fourth-order valence-electron chi connectivity index (χ4n) is 0.942. The first-order valence-corrected chi connectivity index (χ1v) is 4.75. The molecule has 0 aliphatic heterocycles. The van der Waals surface area contributed by atoms with Crippen molar-refractivity contribution in [3.8, 4) is 0 Å². The second-order valence-corrected chi connectivity index (χ2v) is 4.09. The van der Waals surface area contributed by atoms with Crippen LogP contribution in [0.3, 0.4) is 0 Å². The van der Waals surface area contributed by atoms with Crippen LogP contribution in [-0.4, -0.2) is 35.5 Å². The Kier molecular flexibility index (Phi) is 5.24. The van der Waals surface area contributed by atoms with Crippen LogP contribution >= 0.6 is 0 Å². The summed E-state index contributed by atoms with van der Waals surface area (Å²) in [6.45, 7) is 1.31. The van der Waals surface area contributed by atoms with Crippen LogP contribution in [0, 0.1) is 0 Å². The third-order valence-electron chi connectivity index (χ3n) is 1.77. The van der Waals surface area contributed by atoms with E-state index in [0.29, 0.717) is 0 Å². The van der Waals surface area contributed by atoms with E-state index in [1.807, 2.05) is 0 Å². The highest BCUT2D eigenvalue weighted by Gasteiger charge is 2.31. The average molecular weight is 257 g/mol. The minimum absolute atomic E-state index is 0.0868. The van der Waals surface area contributed by atoms with E-state index in [1.54, 1.807) is 0 Å². The highest BCUT2D eigenvalue weighted by molar-refractivity contribution is 5.69. The molecule has 0 spiro atoms. The predicted molar refractivity (Wildman–Crippen MR) is 51.5 cm³/mol. The molecule has 0 aromatic rings. The van der Waals surface area contributed by atoms with Crippen molar-refractivity contribution in [1.29, 1.82) is 0 Å². The number of carbonyl (C=O) groups is 2. The average Bonchev–Trinajstić information content (AvgIpc) is 2.10. The normalized spacial score (nSPS) is 12.1. The lowest BCUT2D eigenvalue weighted by Gasteiger charge is -2.25. The Bertz CT molecular complexity index is 288. The summed E-state index contributed by atoms with van der Waals surface area (Å²) >= 11 is 0. The molecular weight excluding hydrogens is 243 g/mol. The molecule has 0 aliphatic carbocycles. The van der Waals surface area contributed by atoms with Crippen LogP contribution in [0.1, 0.15) is 26.7 Å². The SMILES string of the molecule is CC(C)(CCC(=O)O)NC(=O)OCC(F)(F)F. The van der Waals surface area contributed by atoms with Gasteiger partial charge in [0.25, 0.3) is 0 Å². The van der Waals surface area contributed by atoms with Gasteiger partial charge in [0.2, 0.25) is 0 Å². The van der Waals surface area contributed by atoms with Crippen LogP contribution in [0.25, 0.3) is 0 Å². The van der Waals surface area contributed by atoms with Gasteiger partial charge in [-0.25, -0.2) is 4.79 Å². The number of carboxylic acid groups (broad SMARTS) is 1. The molecule has 100 valence electrons. The molecule has 1 amide bonds. The lowest BCUT2D eigenvalue weighted by atomic mass is 9.99. The fourth-order valence-corrected chi connectivity index (χ4v) is 0.942. The topological polar surface area (TPSA) is 75.6 Å². The summed E-state index contributed by atoms with van der Waals surface area (Å²) < 4.78 is 39.1. The van der Waals surface area contributed by atoms with E-state index in [4.69, 9.17) is 5.11 Å². The van der Waals surface area contributed by atoms with Crippen molar-refractivity contribution in [3.63, 3.8) is 0 Å². The summed E-state index contributed by atoms with van der Waals surface area (Å²) in [7, 11) is 0. The number of hydrogen-bond donors (Lipinski definition) is 2. The van der Waals surface area contributed by atoms with Crippen LogP contribution in [0.15, 0.2) is 0 Å². The zero-order chi connectivity index (χ0) is 13.7. The number of ether oxygens (including phenoxy) is 1. The largest absolute Gasteiger partial charge is 0.481 e. The Morgan fingerprint density at radius 1 is 1.29 bits per heavy atom. The number of aliphatic carboxylic acids is 1. The molecule has 0 aliphatic rings. The molecular formula is C9H14F3NO4. The molecule has 0 heterocycles. The zero-order valence-corrected chi connectivity index (χ0v) is 9.43. The number of amides is 1. The van der Waals surface area contributed by atoms with E-state index in [1.165, 1.54) is 13.8 Å². The Hall–Kier alpha value is -1.47. The molecule has 0 fully saturated rings. The fraction of sp³-hybridized carbons (Fsp3) is 0.778. The van der Waals surface area contributed by atoms with Gasteiger partial charge in [-0.3, -0.25) is 4.79 Å². The molecule has 0 saturated heterocycles. The summed E-state index contributed by atoms with van der Waals surface area (Å²) in [5.74, 6) is -1.05. The van der Waals surface area contributed by atoms with Crippen LogP contribution in [-0.2, 0) is 9.53 Å². The summed E-state index contributed by atoms with van der Waals surface area (Å²) in [6, 6.07) is 0. The molecule has 5 nitrogen and oxygen atoms in total. The maximum absolute atomic E-state index is 11.7. The number of hydrogen-bond acceptors (Lipinski definition) is 3. The van der Waals surface area contributed by atoms with Crippen LogP contribution in [0.5, 0.6) is 0 Å². The monoisotopic (exact) mass is 257 g/mol. The number of carboxylic acids is 1. The molecule has 0 aromatic carbocycles. The Morgan fingerprint density at radius 3 is 2.24 bits per heavy atom. The molecule has 0 unspecified atom stereocenters. The summed E-state index contributed by atoms with van der Waals surface area (Å²) in [6.07, 6.45) is -5.92. The Labute approximate surface area is 95.9 Å². The maximum Gasteiger partial charge on any atom is 0.422 e. The number of alkyl carbamates (subject to hydrolysis) is 1. The lowest BCUT2D eigenvalue weighted by molar-refractivity contribution is -0.160. The molecule has 0 saturated carbocycles. The van der Waals surface area contributed by atoms with Gasteiger partial charge in [0, 0.05) is 12.0 Å². The van der Waals surface area contributed by atoms with E-state index < -0.39 is 30.4 Å². The molecule has 0 bridgehead atoms. The highest BCUT2D eigenvalue weighted by Crippen LogP contribution is 2.15. The minimum Gasteiger partial charge on any atom is -0.481 e. The van der Waals surface area contributed by atoms with Crippen LogP contribution in [0.4, 0.5) is 18.0 Å². The van der Waals surface area contributed by atoms with Crippen molar-refractivity contribution in [2.24, 2.45) is 0 Å². The van der Waals surface area contributed by atoms with Crippen molar-refractivity contribution in [2.75, 3.05) is 6.61 Å². The summed E-state index contributed by atoms with van der Waals surface area (Å²) in [4.78, 5) is 21.3. The molecule has 2 N–H and O–H groups in total. The van der Waals surface area contributed by atoms with Crippen molar-refractivity contribution < 1.29 is 32.6 Å². The van der Waals surface area contributed by atoms with Gasteiger partial charge in [0.05, 0.1) is 0 Å². The van der Waals surface area contributed by atoms with Crippen LogP contribution < -0.4 is 5.32 Å². The third kappa shape index (κ3) is 9.46. The van der Waals surface area contributed by atoms with Crippen molar-refractivity contribution >= 4 is 12.1 Å². The lowest BCUT2D eigenvalue weighted by Crippen LogP contribution is -2.44.